The number of ether oxygens (including phenoxy) is 1. The Bertz CT molecular complexity index is 846. The van der Waals surface area contributed by atoms with Gasteiger partial charge in [-0.25, -0.2) is 14.4 Å². The standard InChI is InChI=1S/C16H11NO8/c18-14(19)12-10(7-4-8-11(12)17(23)24)16(22)25-13(15(20)21)9-5-2-1-3-6-9/h1-8,13H,(H,18,19)(H,20,21)/t13-/m0/s1. The minimum absolute atomic E-state index is 0.158. The number of nitrogens with zero attached hydrogens (tertiary/aromatic N) is 1. The Kier molecular flexibility index (Phi) is 5.08. The maximum absolute atomic E-state index is 12.3. The van der Waals surface area contributed by atoms with Gasteiger partial charge in [0.25, 0.3) is 5.69 Å². The quantitative estimate of drug-likeness (QED) is 0.461. The lowest BCUT2D eigenvalue weighted by molar-refractivity contribution is -0.385. The van der Waals surface area contributed by atoms with Gasteiger partial charge in [0, 0.05) is 11.6 Å². The summed E-state index contributed by atoms with van der Waals surface area (Å²) in [6.07, 6.45) is -1.69. The minimum Gasteiger partial charge on any atom is -0.478 e. The third-order valence-electron chi connectivity index (χ3n) is 3.22. The zero-order valence-corrected chi connectivity index (χ0v) is 12.5. The summed E-state index contributed by atoms with van der Waals surface area (Å²) in [5, 5.41) is 29.4. The van der Waals surface area contributed by atoms with Crippen molar-refractivity contribution < 1.29 is 34.3 Å². The average molecular weight is 345 g/mol. The molecule has 0 unspecified atom stereocenters. The van der Waals surface area contributed by atoms with Gasteiger partial charge in [-0.2, -0.15) is 0 Å². The maximum Gasteiger partial charge on any atom is 0.349 e. The van der Waals surface area contributed by atoms with Crippen molar-refractivity contribution >= 4 is 23.6 Å². The number of aliphatic carboxylic acids is 1. The second-order valence-electron chi connectivity index (χ2n) is 4.80. The van der Waals surface area contributed by atoms with Crippen molar-refractivity contribution in [3.63, 3.8) is 0 Å². The monoisotopic (exact) mass is 345 g/mol. The number of hydrogen-bond acceptors (Lipinski definition) is 6. The zero-order valence-electron chi connectivity index (χ0n) is 12.5. The van der Waals surface area contributed by atoms with E-state index in [2.05, 4.69) is 0 Å². The van der Waals surface area contributed by atoms with Crippen LogP contribution in [0.5, 0.6) is 0 Å². The molecule has 9 heteroatoms. The minimum atomic E-state index is -1.70. The van der Waals surface area contributed by atoms with E-state index in [-0.39, 0.29) is 5.56 Å². The fourth-order valence-electron chi connectivity index (χ4n) is 2.15. The van der Waals surface area contributed by atoms with Crippen molar-refractivity contribution in [1.82, 2.24) is 0 Å². The number of aromatic carboxylic acids is 1. The Morgan fingerprint density at radius 1 is 1.00 bits per heavy atom. The first-order chi connectivity index (χ1) is 11.8. The summed E-state index contributed by atoms with van der Waals surface area (Å²) in [6, 6.07) is 10.6. The molecule has 2 aromatic rings. The first-order valence-electron chi connectivity index (χ1n) is 6.82. The Morgan fingerprint density at radius 2 is 1.64 bits per heavy atom. The number of hydrogen-bond donors (Lipinski definition) is 2. The molecule has 0 aliphatic heterocycles. The summed E-state index contributed by atoms with van der Waals surface area (Å²) in [7, 11) is 0. The van der Waals surface area contributed by atoms with Crippen LogP contribution in [-0.2, 0) is 9.53 Å². The van der Waals surface area contributed by atoms with E-state index in [0.29, 0.717) is 0 Å². The Hall–Kier alpha value is -3.75. The summed E-state index contributed by atoms with van der Waals surface area (Å²) in [5.74, 6) is -4.47. The van der Waals surface area contributed by atoms with Gasteiger partial charge in [0.2, 0.25) is 6.10 Å². The van der Waals surface area contributed by atoms with Crippen molar-refractivity contribution in [3.05, 3.63) is 75.3 Å². The molecular weight excluding hydrogens is 334 g/mol. The molecule has 0 saturated heterocycles. The van der Waals surface area contributed by atoms with Crippen LogP contribution in [0.4, 0.5) is 5.69 Å². The Labute approximate surface area is 140 Å². The molecule has 2 aromatic carbocycles. The second-order valence-corrected chi connectivity index (χ2v) is 4.80. The van der Waals surface area contributed by atoms with Crippen LogP contribution in [-0.4, -0.2) is 33.0 Å². The Morgan fingerprint density at radius 3 is 2.16 bits per heavy atom. The van der Waals surface area contributed by atoms with E-state index in [0.717, 1.165) is 18.2 Å². The SMILES string of the molecule is O=C(O[C@H](C(=O)O)c1ccccc1)c1cccc([N+](=O)[O-])c1C(=O)O. The summed E-state index contributed by atoms with van der Waals surface area (Å²) in [4.78, 5) is 44.9. The fraction of sp³-hybridized carbons (Fsp3) is 0.0625. The molecule has 0 heterocycles. The number of benzene rings is 2. The number of carboxylic acids is 2. The topological polar surface area (TPSA) is 144 Å². The summed E-state index contributed by atoms with van der Waals surface area (Å²) in [5.41, 5.74) is -2.11. The first-order valence-corrected chi connectivity index (χ1v) is 6.82. The highest BCUT2D eigenvalue weighted by molar-refractivity contribution is 6.05. The highest BCUT2D eigenvalue weighted by atomic mass is 16.6. The van der Waals surface area contributed by atoms with Gasteiger partial charge in [0.1, 0.15) is 0 Å². The van der Waals surface area contributed by atoms with Crippen molar-refractivity contribution in [1.29, 1.82) is 0 Å². The third kappa shape index (κ3) is 3.78. The number of nitro benzene ring substituents is 1. The number of carbonyl (C=O) groups is 3. The third-order valence-corrected chi connectivity index (χ3v) is 3.22. The van der Waals surface area contributed by atoms with Crippen LogP contribution in [0.1, 0.15) is 32.4 Å². The highest BCUT2D eigenvalue weighted by Gasteiger charge is 2.31. The summed E-state index contributed by atoms with van der Waals surface area (Å²) < 4.78 is 4.89. The highest BCUT2D eigenvalue weighted by Crippen LogP contribution is 2.26. The van der Waals surface area contributed by atoms with E-state index >= 15 is 0 Å². The average Bonchev–Trinajstić information content (AvgIpc) is 2.59. The lowest BCUT2D eigenvalue weighted by Crippen LogP contribution is -2.21. The lowest BCUT2D eigenvalue weighted by Gasteiger charge is -2.15. The van der Waals surface area contributed by atoms with Gasteiger partial charge >= 0.3 is 17.9 Å². The van der Waals surface area contributed by atoms with E-state index in [4.69, 9.17) is 4.74 Å². The molecule has 0 saturated carbocycles. The predicted octanol–water partition coefficient (Wildman–Crippen LogP) is 2.28. The van der Waals surface area contributed by atoms with Gasteiger partial charge in [0.15, 0.2) is 5.56 Å². The predicted molar refractivity (Wildman–Crippen MR) is 82.3 cm³/mol. The molecule has 1 atom stereocenters. The van der Waals surface area contributed by atoms with E-state index in [9.17, 15) is 34.7 Å². The van der Waals surface area contributed by atoms with Crippen LogP contribution in [0.3, 0.4) is 0 Å². The summed E-state index contributed by atoms with van der Waals surface area (Å²) >= 11 is 0. The van der Waals surface area contributed by atoms with Crippen LogP contribution in [0.15, 0.2) is 48.5 Å². The van der Waals surface area contributed by atoms with Gasteiger partial charge in [-0.1, -0.05) is 36.4 Å². The first kappa shape index (κ1) is 17.6. The number of esters is 1. The molecule has 9 nitrogen and oxygen atoms in total. The van der Waals surface area contributed by atoms with Crippen molar-refractivity contribution in [2.45, 2.75) is 6.10 Å². The van der Waals surface area contributed by atoms with Crippen molar-refractivity contribution in [2.75, 3.05) is 0 Å². The number of rotatable bonds is 6. The molecule has 0 aliphatic carbocycles. The largest absolute Gasteiger partial charge is 0.478 e. The smallest absolute Gasteiger partial charge is 0.349 e. The zero-order chi connectivity index (χ0) is 18.6. The molecule has 0 aliphatic rings. The van der Waals surface area contributed by atoms with Crippen molar-refractivity contribution in [2.24, 2.45) is 0 Å². The molecule has 0 aromatic heterocycles. The number of carbonyl (C=O) groups excluding carboxylic acids is 1. The molecule has 0 amide bonds. The van der Waals surface area contributed by atoms with Gasteiger partial charge in [-0.05, 0) is 6.07 Å². The normalized spacial score (nSPS) is 11.4. The molecule has 0 fully saturated rings. The number of carboxylic acid groups (broad SMARTS) is 2. The summed E-state index contributed by atoms with van der Waals surface area (Å²) in [6.45, 7) is 0. The molecule has 25 heavy (non-hydrogen) atoms. The van der Waals surface area contributed by atoms with Crippen LogP contribution in [0, 0.1) is 10.1 Å². The van der Waals surface area contributed by atoms with Gasteiger partial charge < -0.3 is 14.9 Å². The van der Waals surface area contributed by atoms with Crippen LogP contribution >= 0.6 is 0 Å². The van der Waals surface area contributed by atoms with E-state index < -0.39 is 45.7 Å². The van der Waals surface area contributed by atoms with E-state index in [1.165, 1.54) is 24.3 Å². The van der Waals surface area contributed by atoms with Gasteiger partial charge in [0.05, 0.1) is 10.5 Å². The molecule has 0 bridgehead atoms. The van der Waals surface area contributed by atoms with Crippen molar-refractivity contribution in [3.8, 4) is 0 Å². The molecule has 0 spiro atoms. The van der Waals surface area contributed by atoms with Gasteiger partial charge in [-0.3, -0.25) is 10.1 Å². The molecule has 128 valence electrons. The van der Waals surface area contributed by atoms with Gasteiger partial charge in [-0.15, -0.1) is 0 Å². The molecular formula is C16H11NO8. The molecule has 2 N–H and O–H groups in total. The van der Waals surface area contributed by atoms with E-state index in [1.807, 2.05) is 0 Å². The molecule has 2 rings (SSSR count). The Balaban J connectivity index is 2.44. The second kappa shape index (κ2) is 7.21. The number of nitro groups is 1. The van der Waals surface area contributed by atoms with Crippen LogP contribution in [0.25, 0.3) is 0 Å². The van der Waals surface area contributed by atoms with Crippen LogP contribution < -0.4 is 0 Å². The lowest BCUT2D eigenvalue weighted by atomic mass is 10.0. The maximum atomic E-state index is 12.3. The fourth-order valence-corrected chi connectivity index (χ4v) is 2.15. The molecule has 0 radical (unpaired) electrons. The van der Waals surface area contributed by atoms with E-state index in [1.54, 1.807) is 6.07 Å². The van der Waals surface area contributed by atoms with Crippen LogP contribution in [0.2, 0.25) is 0 Å².